The first-order valence-electron chi connectivity index (χ1n) is 6.50. The van der Waals surface area contributed by atoms with Crippen molar-refractivity contribution in [3.05, 3.63) is 68.4 Å². The monoisotopic (exact) mass is 349 g/mol. The zero-order valence-electron chi connectivity index (χ0n) is 11.6. The molecule has 0 aliphatic heterocycles. The van der Waals surface area contributed by atoms with Gasteiger partial charge in [0.05, 0.1) is 20.8 Å². The molecule has 0 spiro atoms. The minimum atomic E-state index is -0.452. The van der Waals surface area contributed by atoms with Crippen LogP contribution < -0.4 is 4.74 Å². The summed E-state index contributed by atoms with van der Waals surface area (Å²) in [6, 6.07) is 9.37. The van der Waals surface area contributed by atoms with Gasteiger partial charge in [-0.15, -0.1) is 0 Å². The molecule has 3 aromatic rings. The third-order valence-corrected chi connectivity index (χ3v) is 3.65. The molecule has 8 heteroatoms. The van der Waals surface area contributed by atoms with Crippen LogP contribution in [0, 0.1) is 10.1 Å². The van der Waals surface area contributed by atoms with E-state index < -0.39 is 4.92 Å². The Morgan fingerprint density at radius 2 is 1.87 bits per heavy atom. The fourth-order valence-electron chi connectivity index (χ4n) is 2.05. The molecule has 0 fully saturated rings. The SMILES string of the molecule is O=[N+]([O-])c1ccc(COc2ncnc3c(Cl)cc(Cl)cc23)cc1. The number of halogens is 2. The second kappa shape index (κ2) is 6.36. The standard InChI is InChI=1S/C15H9Cl2N3O3/c16-10-5-12-14(13(17)6-10)18-8-19-15(12)23-7-9-1-3-11(4-2-9)20(21)22/h1-6,8H,7H2. The molecule has 1 heterocycles. The molecule has 0 atom stereocenters. The van der Waals surface area contributed by atoms with E-state index >= 15 is 0 Å². The molecule has 0 N–H and O–H groups in total. The Kier molecular flexibility index (Phi) is 4.27. The Balaban J connectivity index is 1.86. The highest BCUT2D eigenvalue weighted by Gasteiger charge is 2.10. The van der Waals surface area contributed by atoms with Gasteiger partial charge in [0.1, 0.15) is 12.9 Å². The molecule has 0 saturated carbocycles. The number of nitro groups is 1. The molecule has 23 heavy (non-hydrogen) atoms. The van der Waals surface area contributed by atoms with E-state index in [4.69, 9.17) is 27.9 Å². The van der Waals surface area contributed by atoms with Crippen LogP contribution in [-0.4, -0.2) is 14.9 Å². The van der Waals surface area contributed by atoms with Gasteiger partial charge in [0, 0.05) is 17.2 Å². The van der Waals surface area contributed by atoms with Crippen molar-refractivity contribution in [2.45, 2.75) is 6.61 Å². The number of nitro benzene ring substituents is 1. The summed E-state index contributed by atoms with van der Waals surface area (Å²) in [5, 5.41) is 12.1. The van der Waals surface area contributed by atoms with Crippen LogP contribution in [-0.2, 0) is 6.61 Å². The maximum absolute atomic E-state index is 10.6. The van der Waals surface area contributed by atoms with E-state index in [2.05, 4.69) is 9.97 Å². The normalized spacial score (nSPS) is 10.7. The Morgan fingerprint density at radius 3 is 2.57 bits per heavy atom. The van der Waals surface area contributed by atoms with Gasteiger partial charge in [-0.05, 0) is 29.8 Å². The van der Waals surface area contributed by atoms with E-state index in [9.17, 15) is 10.1 Å². The van der Waals surface area contributed by atoms with E-state index in [1.165, 1.54) is 18.5 Å². The Bertz CT molecular complexity index is 885. The maximum Gasteiger partial charge on any atom is 0.269 e. The number of fused-ring (bicyclic) bond motifs is 1. The largest absolute Gasteiger partial charge is 0.472 e. The van der Waals surface area contributed by atoms with Crippen LogP contribution in [0.2, 0.25) is 10.0 Å². The smallest absolute Gasteiger partial charge is 0.269 e. The molecule has 1 aromatic heterocycles. The lowest BCUT2D eigenvalue weighted by molar-refractivity contribution is -0.384. The van der Waals surface area contributed by atoms with Gasteiger partial charge in [-0.3, -0.25) is 10.1 Å². The minimum absolute atomic E-state index is 0.0276. The average Bonchev–Trinajstić information content (AvgIpc) is 2.53. The summed E-state index contributed by atoms with van der Waals surface area (Å²) in [7, 11) is 0. The Hall–Kier alpha value is -2.44. The molecule has 2 aromatic carbocycles. The third kappa shape index (κ3) is 3.33. The van der Waals surface area contributed by atoms with Gasteiger partial charge in [-0.2, -0.15) is 0 Å². The molecule has 0 radical (unpaired) electrons. The topological polar surface area (TPSA) is 78.2 Å². The maximum atomic E-state index is 10.6. The lowest BCUT2D eigenvalue weighted by Crippen LogP contribution is -1.99. The minimum Gasteiger partial charge on any atom is -0.472 e. The molecule has 0 unspecified atom stereocenters. The summed E-state index contributed by atoms with van der Waals surface area (Å²) < 4.78 is 5.68. The van der Waals surface area contributed by atoms with Crippen molar-refractivity contribution in [2.75, 3.05) is 0 Å². The summed E-state index contributed by atoms with van der Waals surface area (Å²) in [6.45, 7) is 0.203. The highest BCUT2D eigenvalue weighted by Crippen LogP contribution is 2.31. The van der Waals surface area contributed by atoms with E-state index in [0.717, 1.165) is 5.56 Å². The molecule has 6 nitrogen and oxygen atoms in total. The Labute approximate surface area is 140 Å². The second-order valence-electron chi connectivity index (χ2n) is 4.67. The van der Waals surface area contributed by atoms with Crippen LogP contribution in [0.3, 0.4) is 0 Å². The van der Waals surface area contributed by atoms with Gasteiger partial charge in [-0.25, -0.2) is 9.97 Å². The number of aromatic nitrogens is 2. The van der Waals surface area contributed by atoms with Crippen LogP contribution >= 0.6 is 23.2 Å². The summed E-state index contributed by atoms with van der Waals surface area (Å²) in [4.78, 5) is 18.4. The summed E-state index contributed by atoms with van der Waals surface area (Å²) in [5.74, 6) is 0.345. The van der Waals surface area contributed by atoms with Crippen molar-refractivity contribution < 1.29 is 9.66 Å². The van der Waals surface area contributed by atoms with Crippen molar-refractivity contribution in [3.8, 4) is 5.88 Å². The van der Waals surface area contributed by atoms with E-state index in [0.29, 0.717) is 26.8 Å². The number of hydrogen-bond donors (Lipinski definition) is 0. The predicted molar refractivity (Wildman–Crippen MR) is 87.0 cm³/mol. The lowest BCUT2D eigenvalue weighted by Gasteiger charge is -2.09. The number of non-ortho nitro benzene ring substituents is 1. The highest BCUT2D eigenvalue weighted by atomic mass is 35.5. The van der Waals surface area contributed by atoms with E-state index in [-0.39, 0.29) is 12.3 Å². The van der Waals surface area contributed by atoms with Gasteiger partial charge in [-0.1, -0.05) is 23.2 Å². The number of rotatable bonds is 4. The number of ether oxygens (including phenoxy) is 1. The zero-order valence-corrected chi connectivity index (χ0v) is 13.1. The van der Waals surface area contributed by atoms with Gasteiger partial charge >= 0.3 is 0 Å². The first kappa shape index (κ1) is 15.5. The van der Waals surface area contributed by atoms with Crippen LogP contribution in [0.5, 0.6) is 5.88 Å². The molecule has 0 amide bonds. The van der Waals surface area contributed by atoms with Gasteiger partial charge in [0.15, 0.2) is 0 Å². The zero-order chi connectivity index (χ0) is 16.4. The number of hydrogen-bond acceptors (Lipinski definition) is 5. The molecular formula is C15H9Cl2N3O3. The second-order valence-corrected chi connectivity index (χ2v) is 5.52. The van der Waals surface area contributed by atoms with Crippen molar-refractivity contribution in [2.24, 2.45) is 0 Å². The lowest BCUT2D eigenvalue weighted by atomic mass is 10.2. The molecular weight excluding hydrogens is 341 g/mol. The highest BCUT2D eigenvalue weighted by molar-refractivity contribution is 6.38. The quantitative estimate of drug-likeness (QED) is 0.514. The van der Waals surface area contributed by atoms with Crippen molar-refractivity contribution in [1.29, 1.82) is 0 Å². The summed E-state index contributed by atoms with van der Waals surface area (Å²) >= 11 is 12.1. The Morgan fingerprint density at radius 1 is 1.13 bits per heavy atom. The van der Waals surface area contributed by atoms with Gasteiger partial charge < -0.3 is 4.74 Å². The van der Waals surface area contributed by atoms with Crippen molar-refractivity contribution >= 4 is 39.8 Å². The molecule has 0 aliphatic carbocycles. The number of benzene rings is 2. The number of nitrogens with zero attached hydrogens (tertiary/aromatic N) is 3. The van der Waals surface area contributed by atoms with Crippen molar-refractivity contribution in [1.82, 2.24) is 9.97 Å². The van der Waals surface area contributed by atoms with E-state index in [1.807, 2.05) is 0 Å². The fraction of sp³-hybridized carbons (Fsp3) is 0.0667. The summed E-state index contributed by atoms with van der Waals surface area (Å²) in [5.41, 5.74) is 1.35. The molecule has 3 rings (SSSR count). The predicted octanol–water partition coefficient (Wildman–Crippen LogP) is 4.42. The average molecular weight is 350 g/mol. The molecule has 0 bridgehead atoms. The van der Waals surface area contributed by atoms with Crippen LogP contribution in [0.1, 0.15) is 5.56 Å². The van der Waals surface area contributed by atoms with Gasteiger partial charge in [0.2, 0.25) is 5.88 Å². The third-order valence-electron chi connectivity index (χ3n) is 3.14. The molecule has 0 saturated heterocycles. The summed E-state index contributed by atoms with van der Waals surface area (Å²) in [6.07, 6.45) is 1.35. The first-order valence-corrected chi connectivity index (χ1v) is 7.26. The van der Waals surface area contributed by atoms with Crippen molar-refractivity contribution in [3.63, 3.8) is 0 Å². The van der Waals surface area contributed by atoms with Crippen LogP contribution in [0.4, 0.5) is 5.69 Å². The van der Waals surface area contributed by atoms with Gasteiger partial charge in [0.25, 0.3) is 5.69 Å². The molecule has 116 valence electrons. The van der Waals surface area contributed by atoms with Crippen LogP contribution in [0.25, 0.3) is 10.9 Å². The fourth-order valence-corrected chi connectivity index (χ4v) is 2.59. The molecule has 0 aliphatic rings. The van der Waals surface area contributed by atoms with Crippen LogP contribution in [0.15, 0.2) is 42.7 Å². The first-order chi connectivity index (χ1) is 11.0. The van der Waals surface area contributed by atoms with E-state index in [1.54, 1.807) is 24.3 Å².